The lowest BCUT2D eigenvalue weighted by molar-refractivity contribution is 0.0924. The molecule has 1 N–H and O–H groups in total. The van der Waals surface area contributed by atoms with Crippen molar-refractivity contribution < 1.29 is 9.21 Å². The lowest BCUT2D eigenvalue weighted by Gasteiger charge is -1.99. The summed E-state index contributed by atoms with van der Waals surface area (Å²) in [6.07, 6.45) is 0. The van der Waals surface area contributed by atoms with Crippen molar-refractivity contribution in [1.82, 2.24) is 15.3 Å². The number of aryl methyl sites for hydroxylation is 1. The van der Waals surface area contributed by atoms with Gasteiger partial charge in [0.1, 0.15) is 5.01 Å². The van der Waals surface area contributed by atoms with Gasteiger partial charge in [0.15, 0.2) is 16.5 Å². The van der Waals surface area contributed by atoms with E-state index in [-0.39, 0.29) is 11.7 Å². The summed E-state index contributed by atoms with van der Waals surface area (Å²) in [7, 11) is 0. The number of aromatic nitrogens is 2. The van der Waals surface area contributed by atoms with E-state index in [0.717, 1.165) is 25.9 Å². The number of fused-ring (bicyclic) bond motifs is 1. The van der Waals surface area contributed by atoms with Crippen molar-refractivity contribution in [3.8, 4) is 10.8 Å². The highest BCUT2D eigenvalue weighted by molar-refractivity contribution is 7.21. The zero-order valence-corrected chi connectivity index (χ0v) is 14.4. The van der Waals surface area contributed by atoms with Crippen LogP contribution in [0, 0.1) is 6.92 Å². The van der Waals surface area contributed by atoms with Gasteiger partial charge in [-0.25, -0.2) is 9.97 Å². The van der Waals surface area contributed by atoms with E-state index < -0.39 is 0 Å². The lowest BCUT2D eigenvalue weighted by atomic mass is 10.3. The number of thiazole rings is 2. The second-order valence-electron chi connectivity index (χ2n) is 5.22. The average molecular weight is 355 g/mol. The minimum Gasteiger partial charge on any atom is -0.448 e. The molecule has 120 valence electrons. The molecule has 24 heavy (non-hydrogen) atoms. The molecule has 4 aromatic rings. The molecule has 1 aromatic carbocycles. The molecule has 0 saturated carbocycles. The van der Waals surface area contributed by atoms with E-state index in [2.05, 4.69) is 15.3 Å². The van der Waals surface area contributed by atoms with Gasteiger partial charge in [-0.3, -0.25) is 4.79 Å². The van der Waals surface area contributed by atoms with Gasteiger partial charge in [-0.1, -0.05) is 12.1 Å². The van der Waals surface area contributed by atoms with Gasteiger partial charge in [0.05, 0.1) is 16.8 Å². The third kappa shape index (κ3) is 2.95. The van der Waals surface area contributed by atoms with E-state index in [0.29, 0.717) is 12.3 Å². The van der Waals surface area contributed by atoms with Crippen molar-refractivity contribution in [2.45, 2.75) is 13.5 Å². The maximum Gasteiger partial charge on any atom is 0.287 e. The summed E-state index contributed by atoms with van der Waals surface area (Å²) in [5.41, 5.74) is 1.89. The van der Waals surface area contributed by atoms with Crippen molar-refractivity contribution in [2.75, 3.05) is 0 Å². The molecule has 3 heterocycles. The van der Waals surface area contributed by atoms with Crippen molar-refractivity contribution in [3.63, 3.8) is 0 Å². The van der Waals surface area contributed by atoms with Crippen LogP contribution in [0.1, 0.15) is 21.3 Å². The quantitative estimate of drug-likeness (QED) is 0.594. The van der Waals surface area contributed by atoms with Crippen LogP contribution < -0.4 is 5.32 Å². The standard InChI is InChI=1S/C17H13N3O2S2/c1-10-9-23-15(19-10)8-18-16(21)12-6-7-13(22-12)17-20-11-4-2-3-5-14(11)24-17/h2-7,9H,8H2,1H3,(H,18,21). The Kier molecular flexibility index (Phi) is 3.87. The second-order valence-corrected chi connectivity index (χ2v) is 7.19. The van der Waals surface area contributed by atoms with E-state index in [1.165, 1.54) is 11.3 Å². The molecule has 0 bridgehead atoms. The number of carbonyl (C=O) groups is 1. The highest BCUT2D eigenvalue weighted by atomic mass is 32.1. The van der Waals surface area contributed by atoms with Crippen LogP contribution in [0.4, 0.5) is 0 Å². The number of rotatable bonds is 4. The molecule has 0 fully saturated rings. The Morgan fingerprint density at radius 3 is 2.88 bits per heavy atom. The molecular formula is C17H13N3O2S2. The number of amides is 1. The van der Waals surface area contributed by atoms with Gasteiger partial charge in [-0.05, 0) is 31.2 Å². The molecule has 0 aliphatic carbocycles. The molecule has 0 radical (unpaired) electrons. The Morgan fingerprint density at radius 2 is 2.08 bits per heavy atom. The van der Waals surface area contributed by atoms with Crippen LogP contribution >= 0.6 is 22.7 Å². The van der Waals surface area contributed by atoms with Crippen molar-refractivity contribution in [2.24, 2.45) is 0 Å². The number of hydrogen-bond donors (Lipinski definition) is 1. The summed E-state index contributed by atoms with van der Waals surface area (Å²) in [5, 5.41) is 6.42. The third-order valence-electron chi connectivity index (χ3n) is 3.40. The number of furan rings is 1. The number of carbonyl (C=O) groups excluding carboxylic acids is 1. The summed E-state index contributed by atoms with van der Waals surface area (Å²) in [6.45, 7) is 2.33. The molecule has 5 nitrogen and oxygen atoms in total. The zero-order chi connectivity index (χ0) is 16.5. The maximum absolute atomic E-state index is 12.2. The van der Waals surface area contributed by atoms with Crippen LogP contribution in [0.5, 0.6) is 0 Å². The molecule has 0 spiro atoms. The van der Waals surface area contributed by atoms with Crippen molar-refractivity contribution in [3.05, 3.63) is 58.2 Å². The van der Waals surface area contributed by atoms with E-state index in [1.807, 2.05) is 36.6 Å². The van der Waals surface area contributed by atoms with Crippen LogP contribution in [0.25, 0.3) is 21.0 Å². The molecule has 0 atom stereocenters. The van der Waals surface area contributed by atoms with Gasteiger partial charge in [0, 0.05) is 11.1 Å². The third-order valence-corrected chi connectivity index (χ3v) is 5.42. The Bertz CT molecular complexity index is 983. The Balaban J connectivity index is 1.50. The smallest absolute Gasteiger partial charge is 0.287 e. The van der Waals surface area contributed by atoms with Gasteiger partial charge in [0.2, 0.25) is 0 Å². The van der Waals surface area contributed by atoms with E-state index >= 15 is 0 Å². The fourth-order valence-corrected chi connectivity index (χ4v) is 3.92. The fourth-order valence-electron chi connectivity index (χ4n) is 2.28. The molecule has 0 aliphatic heterocycles. The number of hydrogen-bond acceptors (Lipinski definition) is 6. The number of benzene rings is 1. The fraction of sp³-hybridized carbons (Fsp3) is 0.118. The Labute approximate surface area is 146 Å². The van der Waals surface area contributed by atoms with Gasteiger partial charge in [-0.15, -0.1) is 22.7 Å². The highest BCUT2D eigenvalue weighted by Gasteiger charge is 2.15. The SMILES string of the molecule is Cc1csc(CNC(=O)c2ccc(-c3nc4ccccc4s3)o2)n1. The molecule has 0 saturated heterocycles. The molecule has 1 amide bonds. The minimum atomic E-state index is -0.254. The lowest BCUT2D eigenvalue weighted by Crippen LogP contribution is -2.22. The van der Waals surface area contributed by atoms with E-state index in [1.54, 1.807) is 23.5 Å². The van der Waals surface area contributed by atoms with Gasteiger partial charge >= 0.3 is 0 Å². The molecule has 7 heteroatoms. The van der Waals surface area contributed by atoms with Crippen LogP contribution in [0.2, 0.25) is 0 Å². The van der Waals surface area contributed by atoms with Crippen molar-refractivity contribution in [1.29, 1.82) is 0 Å². The summed E-state index contributed by atoms with van der Waals surface area (Å²) < 4.78 is 6.77. The highest BCUT2D eigenvalue weighted by Crippen LogP contribution is 2.31. The number of para-hydroxylation sites is 1. The first-order valence-electron chi connectivity index (χ1n) is 7.34. The van der Waals surface area contributed by atoms with Crippen LogP contribution in [-0.4, -0.2) is 15.9 Å². The summed E-state index contributed by atoms with van der Waals surface area (Å²) in [6, 6.07) is 11.4. The first-order valence-corrected chi connectivity index (χ1v) is 9.03. The largest absolute Gasteiger partial charge is 0.448 e. The van der Waals surface area contributed by atoms with Gasteiger partial charge in [0.25, 0.3) is 5.91 Å². The topological polar surface area (TPSA) is 68.0 Å². The molecule has 0 aliphatic rings. The average Bonchev–Trinajstić information content (AvgIpc) is 3.31. The molecule has 0 unspecified atom stereocenters. The van der Waals surface area contributed by atoms with Crippen molar-refractivity contribution >= 4 is 38.8 Å². The predicted octanol–water partition coefficient (Wildman–Crippen LogP) is 4.25. The van der Waals surface area contributed by atoms with Gasteiger partial charge < -0.3 is 9.73 Å². The van der Waals surface area contributed by atoms with Crippen LogP contribution in [0.15, 0.2) is 46.2 Å². The zero-order valence-electron chi connectivity index (χ0n) is 12.8. The van der Waals surface area contributed by atoms with Crippen LogP contribution in [-0.2, 0) is 6.54 Å². The summed E-state index contributed by atoms with van der Waals surface area (Å²) >= 11 is 3.07. The molecule has 4 rings (SSSR count). The number of nitrogens with zero attached hydrogens (tertiary/aromatic N) is 2. The van der Waals surface area contributed by atoms with Gasteiger partial charge in [-0.2, -0.15) is 0 Å². The minimum absolute atomic E-state index is 0.254. The van der Waals surface area contributed by atoms with Crippen LogP contribution in [0.3, 0.4) is 0 Å². The second kappa shape index (κ2) is 6.18. The monoisotopic (exact) mass is 355 g/mol. The Morgan fingerprint density at radius 1 is 1.21 bits per heavy atom. The first-order chi connectivity index (χ1) is 11.7. The number of nitrogens with one attached hydrogen (secondary N) is 1. The Hall–Kier alpha value is -2.51. The van der Waals surface area contributed by atoms with E-state index in [9.17, 15) is 4.79 Å². The normalized spacial score (nSPS) is 11.0. The summed E-state index contributed by atoms with van der Waals surface area (Å²) in [4.78, 5) is 21.1. The first kappa shape index (κ1) is 15.0. The maximum atomic E-state index is 12.2. The summed E-state index contributed by atoms with van der Waals surface area (Å²) in [5.74, 6) is 0.624. The molecule has 3 aromatic heterocycles. The molecular weight excluding hydrogens is 342 g/mol. The van der Waals surface area contributed by atoms with E-state index in [4.69, 9.17) is 4.42 Å². The predicted molar refractivity (Wildman–Crippen MR) is 95.3 cm³/mol.